The molecule has 1 fully saturated rings. The molecule has 1 saturated heterocycles. The third-order valence-corrected chi connectivity index (χ3v) is 8.77. The van der Waals surface area contributed by atoms with Crippen molar-refractivity contribution in [3.05, 3.63) is 143 Å². The van der Waals surface area contributed by atoms with Crippen LogP contribution in [0.2, 0.25) is 0 Å². The maximum absolute atomic E-state index is 12.4. The summed E-state index contributed by atoms with van der Waals surface area (Å²) in [4.78, 5) is 25.8. The number of rotatable bonds is 17. The van der Waals surface area contributed by atoms with Crippen LogP contribution >= 0.6 is 0 Å². The Kier molecular flexibility index (Phi) is 13.9. The van der Waals surface area contributed by atoms with Crippen molar-refractivity contribution in [2.24, 2.45) is 0 Å². The van der Waals surface area contributed by atoms with E-state index >= 15 is 0 Å². The summed E-state index contributed by atoms with van der Waals surface area (Å²) in [6.45, 7) is 4.94. The van der Waals surface area contributed by atoms with Gasteiger partial charge in [0, 0.05) is 58.1 Å². The molecule has 5 rings (SSSR count). The average Bonchev–Trinajstić information content (AvgIpc) is 3.13. The highest BCUT2D eigenvalue weighted by Crippen LogP contribution is 2.38. The van der Waals surface area contributed by atoms with E-state index in [9.17, 15) is 14.7 Å². The Balaban J connectivity index is 1.24. The van der Waals surface area contributed by atoms with Crippen LogP contribution in [0.25, 0.3) is 0 Å². The van der Waals surface area contributed by atoms with Crippen molar-refractivity contribution in [3.8, 4) is 0 Å². The largest absolute Gasteiger partial charge is 0.392 e. The van der Waals surface area contributed by atoms with Crippen LogP contribution in [0.15, 0.2) is 109 Å². The maximum atomic E-state index is 12.4. The van der Waals surface area contributed by atoms with E-state index in [0.717, 1.165) is 61.2 Å². The van der Waals surface area contributed by atoms with E-state index < -0.39 is 6.29 Å². The first-order chi connectivity index (χ1) is 23.9. The standard InChI is InChI=1S/C41H49N3O5/c1-31(46)42-24-10-4-9-15-40(47)43-26-32-16-22-37(23-17-32)41-48-38(25-39(49-41)36-20-18-35(30-45)19-21-36)29-44(27-33-11-5-2-6-12-33)28-34-13-7-3-8-14-34/h2-3,5-8,11-14,16-23,38-39,41,45H,4,9-10,15,24-30H2,1H3,(H,42,46)(H,43,47). The van der Waals surface area contributed by atoms with Crippen LogP contribution in [0.5, 0.6) is 0 Å². The lowest BCUT2D eigenvalue weighted by atomic mass is 9.99. The van der Waals surface area contributed by atoms with Crippen molar-refractivity contribution in [3.63, 3.8) is 0 Å². The molecule has 8 nitrogen and oxygen atoms in total. The van der Waals surface area contributed by atoms with Crippen LogP contribution in [0, 0.1) is 0 Å². The zero-order chi connectivity index (χ0) is 34.3. The molecule has 258 valence electrons. The summed E-state index contributed by atoms with van der Waals surface area (Å²) in [6.07, 6.45) is 2.90. The Bertz CT molecular complexity index is 1520. The Labute approximate surface area is 290 Å². The number of aliphatic hydroxyl groups is 1. The molecule has 2 amide bonds. The van der Waals surface area contributed by atoms with Gasteiger partial charge in [0.2, 0.25) is 11.8 Å². The number of hydrogen-bond acceptors (Lipinski definition) is 6. The summed E-state index contributed by atoms with van der Waals surface area (Å²) >= 11 is 0. The van der Waals surface area contributed by atoms with Crippen LogP contribution < -0.4 is 10.6 Å². The molecule has 1 aliphatic rings. The smallest absolute Gasteiger partial charge is 0.220 e. The van der Waals surface area contributed by atoms with Gasteiger partial charge in [-0.2, -0.15) is 0 Å². The number of carbonyl (C=O) groups excluding carboxylic acids is 2. The normalized spacial score (nSPS) is 17.5. The topological polar surface area (TPSA) is 100 Å². The van der Waals surface area contributed by atoms with Gasteiger partial charge in [-0.1, -0.05) is 116 Å². The molecule has 4 aromatic carbocycles. The lowest BCUT2D eigenvalue weighted by Gasteiger charge is -2.38. The number of ether oxygens (including phenoxy) is 2. The first-order valence-electron chi connectivity index (χ1n) is 17.4. The molecule has 0 saturated carbocycles. The van der Waals surface area contributed by atoms with Crippen molar-refractivity contribution >= 4 is 11.8 Å². The fourth-order valence-electron chi connectivity index (χ4n) is 6.12. The molecule has 3 atom stereocenters. The van der Waals surface area contributed by atoms with Gasteiger partial charge in [0.25, 0.3) is 0 Å². The predicted octanol–water partition coefficient (Wildman–Crippen LogP) is 6.74. The quantitative estimate of drug-likeness (QED) is 0.108. The van der Waals surface area contributed by atoms with E-state index in [4.69, 9.17) is 9.47 Å². The van der Waals surface area contributed by atoms with E-state index in [0.29, 0.717) is 25.9 Å². The number of carbonyl (C=O) groups is 2. The zero-order valence-electron chi connectivity index (χ0n) is 28.4. The number of unbranched alkanes of at least 4 members (excludes halogenated alkanes) is 2. The highest BCUT2D eigenvalue weighted by molar-refractivity contribution is 5.75. The first-order valence-corrected chi connectivity index (χ1v) is 17.4. The Morgan fingerprint density at radius 2 is 1.33 bits per heavy atom. The molecule has 3 unspecified atom stereocenters. The van der Waals surface area contributed by atoms with E-state index in [1.54, 1.807) is 0 Å². The third kappa shape index (κ3) is 11.9. The Hall–Kier alpha value is -4.34. The number of amides is 2. The second-order valence-electron chi connectivity index (χ2n) is 12.8. The van der Waals surface area contributed by atoms with Crippen LogP contribution in [-0.4, -0.2) is 41.0 Å². The summed E-state index contributed by atoms with van der Waals surface area (Å²) < 4.78 is 13.3. The molecular weight excluding hydrogens is 614 g/mol. The van der Waals surface area contributed by atoms with E-state index in [1.165, 1.54) is 18.1 Å². The number of nitrogens with zero attached hydrogens (tertiary/aromatic N) is 1. The van der Waals surface area contributed by atoms with Crippen molar-refractivity contribution in [1.29, 1.82) is 0 Å². The fourth-order valence-corrected chi connectivity index (χ4v) is 6.12. The Morgan fingerprint density at radius 3 is 1.94 bits per heavy atom. The van der Waals surface area contributed by atoms with Crippen LogP contribution in [0.3, 0.4) is 0 Å². The average molecular weight is 664 g/mol. The van der Waals surface area contributed by atoms with Crippen LogP contribution in [0.4, 0.5) is 0 Å². The minimum absolute atomic E-state index is 0.000827. The van der Waals surface area contributed by atoms with Crippen molar-refractivity contribution < 1.29 is 24.2 Å². The van der Waals surface area contributed by atoms with Crippen LogP contribution in [-0.2, 0) is 45.3 Å². The molecule has 0 bridgehead atoms. The van der Waals surface area contributed by atoms with Gasteiger partial charge < -0.3 is 25.2 Å². The highest BCUT2D eigenvalue weighted by atomic mass is 16.7. The summed E-state index contributed by atoms with van der Waals surface area (Å²) in [5.74, 6) is -0.00105. The number of nitrogens with one attached hydrogen (secondary N) is 2. The predicted molar refractivity (Wildman–Crippen MR) is 191 cm³/mol. The molecule has 0 spiro atoms. The minimum Gasteiger partial charge on any atom is -0.392 e. The van der Waals surface area contributed by atoms with Gasteiger partial charge in [0.1, 0.15) is 0 Å². The van der Waals surface area contributed by atoms with Crippen molar-refractivity contribution in [1.82, 2.24) is 15.5 Å². The monoisotopic (exact) mass is 663 g/mol. The van der Waals surface area contributed by atoms with E-state index in [2.05, 4.69) is 64.1 Å². The number of hydrogen-bond donors (Lipinski definition) is 3. The molecule has 8 heteroatoms. The van der Waals surface area contributed by atoms with Gasteiger partial charge in [0.15, 0.2) is 6.29 Å². The summed E-state index contributed by atoms with van der Waals surface area (Å²) in [7, 11) is 0. The SMILES string of the molecule is CC(=O)NCCCCCC(=O)NCc1ccc(C2OC(CN(Cc3ccccc3)Cc3ccccc3)CC(c3ccc(CO)cc3)O2)cc1. The molecule has 1 heterocycles. The summed E-state index contributed by atoms with van der Waals surface area (Å²) in [5, 5.41) is 15.4. The van der Waals surface area contributed by atoms with Gasteiger partial charge in [-0.15, -0.1) is 0 Å². The third-order valence-electron chi connectivity index (χ3n) is 8.77. The second kappa shape index (κ2) is 19.0. The van der Waals surface area contributed by atoms with E-state index in [1.807, 2.05) is 60.7 Å². The second-order valence-corrected chi connectivity index (χ2v) is 12.8. The van der Waals surface area contributed by atoms with Crippen molar-refractivity contribution in [2.45, 2.75) is 83.8 Å². The van der Waals surface area contributed by atoms with Gasteiger partial charge in [-0.3, -0.25) is 14.5 Å². The van der Waals surface area contributed by atoms with E-state index in [-0.39, 0.29) is 30.6 Å². The molecule has 0 aromatic heterocycles. The minimum atomic E-state index is -0.558. The van der Waals surface area contributed by atoms with Gasteiger partial charge >= 0.3 is 0 Å². The fraction of sp³-hybridized carbons (Fsp3) is 0.366. The summed E-state index contributed by atoms with van der Waals surface area (Å²) in [5.41, 5.74) is 6.36. The lowest BCUT2D eigenvalue weighted by Crippen LogP contribution is -2.39. The molecule has 4 aromatic rings. The number of benzene rings is 4. The van der Waals surface area contributed by atoms with Gasteiger partial charge in [0.05, 0.1) is 18.8 Å². The highest BCUT2D eigenvalue weighted by Gasteiger charge is 2.33. The van der Waals surface area contributed by atoms with Gasteiger partial charge in [-0.05, 0) is 40.7 Å². The number of aliphatic hydroxyl groups excluding tert-OH is 1. The Morgan fingerprint density at radius 1 is 0.714 bits per heavy atom. The van der Waals surface area contributed by atoms with Crippen LogP contribution in [0.1, 0.15) is 84.8 Å². The molecule has 49 heavy (non-hydrogen) atoms. The molecule has 0 radical (unpaired) electrons. The lowest BCUT2D eigenvalue weighted by molar-refractivity contribution is -0.253. The molecular formula is C41H49N3O5. The maximum Gasteiger partial charge on any atom is 0.220 e. The molecule has 1 aliphatic heterocycles. The molecule has 0 aliphatic carbocycles. The first kappa shape index (κ1) is 36.0. The molecule has 3 N–H and O–H groups in total. The van der Waals surface area contributed by atoms with Gasteiger partial charge in [-0.25, -0.2) is 0 Å². The summed E-state index contributed by atoms with van der Waals surface area (Å²) in [6, 6.07) is 37.1. The van der Waals surface area contributed by atoms with Crippen molar-refractivity contribution in [2.75, 3.05) is 13.1 Å². The zero-order valence-corrected chi connectivity index (χ0v) is 28.4.